The van der Waals surface area contributed by atoms with Crippen LogP contribution in [0.2, 0.25) is 0 Å². The number of rotatable bonds is 7. The Morgan fingerprint density at radius 2 is 1.74 bits per heavy atom. The van der Waals surface area contributed by atoms with Gasteiger partial charge in [-0.3, -0.25) is 19.4 Å². The van der Waals surface area contributed by atoms with Crippen LogP contribution in [0.15, 0.2) is 83.9 Å². The van der Waals surface area contributed by atoms with Crippen LogP contribution in [-0.2, 0) is 16.6 Å². The minimum Gasteiger partial charge on any atom is -0.495 e. The van der Waals surface area contributed by atoms with E-state index < -0.39 is 10.0 Å². The molecule has 38 heavy (non-hydrogen) atoms. The van der Waals surface area contributed by atoms with Crippen LogP contribution in [0, 0.1) is 5.82 Å². The van der Waals surface area contributed by atoms with E-state index in [4.69, 9.17) is 4.74 Å². The van der Waals surface area contributed by atoms with Gasteiger partial charge in [-0.1, -0.05) is 30.3 Å². The van der Waals surface area contributed by atoms with E-state index >= 15 is 0 Å². The highest BCUT2D eigenvalue weighted by atomic mass is 32.2. The molecule has 196 valence electrons. The standard InChI is InChI=1S/C28H27FN4O4S/c1-37-25-18-22(28(34)33-16-14-32(15-17-33)19-20-7-10-23(29)11-8-20)9-12-24(25)31-38(35,36)26-6-2-4-21-5-3-13-30-27(21)26/h2-13,18,31H,14-17,19H2,1H3. The number of halogens is 1. The van der Waals surface area contributed by atoms with Crippen molar-refractivity contribution in [3.63, 3.8) is 0 Å². The van der Waals surface area contributed by atoms with Crippen molar-refractivity contribution in [2.24, 2.45) is 0 Å². The van der Waals surface area contributed by atoms with Crippen molar-refractivity contribution in [3.8, 4) is 5.75 Å². The van der Waals surface area contributed by atoms with Crippen LogP contribution in [0.4, 0.5) is 10.1 Å². The van der Waals surface area contributed by atoms with Gasteiger partial charge < -0.3 is 9.64 Å². The molecule has 3 aromatic carbocycles. The van der Waals surface area contributed by atoms with E-state index in [2.05, 4.69) is 14.6 Å². The summed E-state index contributed by atoms with van der Waals surface area (Å²) in [7, 11) is -2.55. The first-order valence-corrected chi connectivity index (χ1v) is 13.6. The van der Waals surface area contributed by atoms with Gasteiger partial charge in [0, 0.05) is 49.9 Å². The Labute approximate surface area is 220 Å². The van der Waals surface area contributed by atoms with Gasteiger partial charge in [0.2, 0.25) is 0 Å². The molecule has 0 unspecified atom stereocenters. The van der Waals surface area contributed by atoms with Crippen LogP contribution in [0.1, 0.15) is 15.9 Å². The molecule has 1 N–H and O–H groups in total. The molecular weight excluding hydrogens is 507 g/mol. The van der Waals surface area contributed by atoms with Crippen molar-refractivity contribution in [1.82, 2.24) is 14.8 Å². The Morgan fingerprint density at radius 1 is 1.00 bits per heavy atom. The monoisotopic (exact) mass is 534 g/mol. The number of carbonyl (C=O) groups is 1. The number of anilines is 1. The summed E-state index contributed by atoms with van der Waals surface area (Å²) in [6.45, 7) is 3.17. The second-order valence-corrected chi connectivity index (χ2v) is 10.7. The van der Waals surface area contributed by atoms with Crippen LogP contribution >= 0.6 is 0 Å². The molecule has 1 aromatic heterocycles. The lowest BCUT2D eigenvalue weighted by atomic mass is 10.1. The van der Waals surface area contributed by atoms with E-state index in [1.54, 1.807) is 59.6 Å². The van der Waals surface area contributed by atoms with Gasteiger partial charge in [0.05, 0.1) is 18.3 Å². The summed E-state index contributed by atoms with van der Waals surface area (Å²) in [5, 5.41) is 0.709. The number of pyridine rings is 1. The van der Waals surface area contributed by atoms with Gasteiger partial charge in [0.25, 0.3) is 15.9 Å². The van der Waals surface area contributed by atoms with Gasteiger partial charge in [0.1, 0.15) is 16.5 Å². The number of nitrogens with zero attached hydrogens (tertiary/aromatic N) is 3. The van der Waals surface area contributed by atoms with Crippen LogP contribution in [0.3, 0.4) is 0 Å². The number of sulfonamides is 1. The maximum Gasteiger partial charge on any atom is 0.264 e. The minimum atomic E-state index is -3.97. The van der Waals surface area contributed by atoms with E-state index in [0.717, 1.165) is 5.56 Å². The Balaban J connectivity index is 1.28. The third-order valence-electron chi connectivity index (χ3n) is 6.56. The van der Waals surface area contributed by atoms with Gasteiger partial charge in [-0.25, -0.2) is 12.8 Å². The maximum atomic E-state index is 13.2. The fourth-order valence-electron chi connectivity index (χ4n) is 4.54. The third kappa shape index (κ3) is 5.46. The Morgan fingerprint density at radius 3 is 2.47 bits per heavy atom. The SMILES string of the molecule is COc1cc(C(=O)N2CCN(Cc3ccc(F)cc3)CC2)ccc1NS(=O)(=O)c1cccc2cccnc12. The van der Waals surface area contributed by atoms with Crippen LogP contribution in [0.5, 0.6) is 5.75 Å². The molecule has 5 rings (SSSR count). The highest BCUT2D eigenvalue weighted by molar-refractivity contribution is 7.93. The molecule has 0 aliphatic carbocycles. The molecule has 10 heteroatoms. The number of para-hydroxylation sites is 1. The summed E-state index contributed by atoms with van der Waals surface area (Å²) in [4.78, 5) is 21.5. The number of ether oxygens (including phenoxy) is 1. The Kier molecular flexibility index (Phi) is 7.26. The fourth-order valence-corrected chi connectivity index (χ4v) is 5.79. The first-order chi connectivity index (χ1) is 18.3. The number of nitrogens with one attached hydrogen (secondary N) is 1. The van der Waals surface area contributed by atoms with E-state index in [0.29, 0.717) is 49.2 Å². The van der Waals surface area contributed by atoms with Crippen molar-refractivity contribution in [1.29, 1.82) is 0 Å². The molecule has 1 amide bonds. The number of carbonyl (C=O) groups excluding carboxylic acids is 1. The molecule has 1 saturated heterocycles. The second-order valence-electron chi connectivity index (χ2n) is 9.05. The van der Waals surface area contributed by atoms with Gasteiger partial charge in [-0.2, -0.15) is 0 Å². The number of hydrogen-bond donors (Lipinski definition) is 1. The van der Waals surface area contributed by atoms with Gasteiger partial charge in [-0.15, -0.1) is 0 Å². The normalized spacial score (nSPS) is 14.4. The molecule has 1 aliphatic heterocycles. The molecule has 0 spiro atoms. The summed E-state index contributed by atoms with van der Waals surface area (Å²) in [6.07, 6.45) is 1.55. The predicted octanol–water partition coefficient (Wildman–Crippen LogP) is 4.14. The molecule has 0 radical (unpaired) electrons. The average molecular weight is 535 g/mol. The highest BCUT2D eigenvalue weighted by Crippen LogP contribution is 2.30. The van der Waals surface area contributed by atoms with Crippen LogP contribution < -0.4 is 9.46 Å². The molecule has 0 atom stereocenters. The summed E-state index contributed by atoms with van der Waals surface area (Å²) < 4.78 is 47.6. The molecular formula is C28H27FN4O4S. The smallest absolute Gasteiger partial charge is 0.264 e. The zero-order valence-electron chi connectivity index (χ0n) is 20.8. The lowest BCUT2D eigenvalue weighted by molar-refractivity contribution is 0.0628. The van der Waals surface area contributed by atoms with Crippen molar-refractivity contribution < 1.29 is 22.3 Å². The minimum absolute atomic E-state index is 0.0521. The van der Waals surface area contributed by atoms with E-state index in [9.17, 15) is 17.6 Å². The molecule has 1 fully saturated rings. The molecule has 2 heterocycles. The zero-order chi connectivity index (χ0) is 26.7. The fraction of sp³-hybridized carbons (Fsp3) is 0.214. The summed E-state index contributed by atoms with van der Waals surface area (Å²) >= 11 is 0. The quantitative estimate of drug-likeness (QED) is 0.383. The number of amides is 1. The molecule has 0 bridgehead atoms. The predicted molar refractivity (Wildman–Crippen MR) is 143 cm³/mol. The number of piperazine rings is 1. The van der Waals surface area contributed by atoms with E-state index in [1.165, 1.54) is 31.4 Å². The number of hydrogen-bond acceptors (Lipinski definition) is 6. The second kappa shape index (κ2) is 10.8. The maximum absolute atomic E-state index is 13.2. The topological polar surface area (TPSA) is 91.8 Å². The summed E-state index contributed by atoms with van der Waals surface area (Å²) in [6, 6.07) is 19.6. The van der Waals surface area contributed by atoms with Crippen molar-refractivity contribution in [2.45, 2.75) is 11.4 Å². The van der Waals surface area contributed by atoms with Crippen LogP contribution in [0.25, 0.3) is 10.9 Å². The zero-order valence-corrected chi connectivity index (χ0v) is 21.6. The third-order valence-corrected chi connectivity index (χ3v) is 7.95. The van der Waals surface area contributed by atoms with E-state index in [-0.39, 0.29) is 28.1 Å². The van der Waals surface area contributed by atoms with Gasteiger partial charge >= 0.3 is 0 Å². The molecule has 0 saturated carbocycles. The number of benzene rings is 3. The first-order valence-electron chi connectivity index (χ1n) is 12.1. The van der Waals surface area contributed by atoms with Crippen molar-refractivity contribution in [3.05, 3.63) is 95.9 Å². The van der Waals surface area contributed by atoms with Gasteiger partial charge in [-0.05, 0) is 48.0 Å². The summed E-state index contributed by atoms with van der Waals surface area (Å²) in [5.41, 5.74) is 2.02. The summed E-state index contributed by atoms with van der Waals surface area (Å²) in [5.74, 6) is -0.177. The van der Waals surface area contributed by atoms with Gasteiger partial charge in [0.15, 0.2) is 0 Å². The van der Waals surface area contributed by atoms with Crippen LogP contribution in [-0.4, -0.2) is 62.4 Å². The molecule has 8 nitrogen and oxygen atoms in total. The van der Waals surface area contributed by atoms with E-state index in [1.807, 2.05) is 0 Å². The first kappa shape index (κ1) is 25.6. The number of aromatic nitrogens is 1. The largest absolute Gasteiger partial charge is 0.495 e. The molecule has 4 aromatic rings. The average Bonchev–Trinajstić information content (AvgIpc) is 2.94. The highest BCUT2D eigenvalue weighted by Gasteiger charge is 2.24. The van der Waals surface area contributed by atoms with Crippen molar-refractivity contribution >= 4 is 32.5 Å². The van der Waals surface area contributed by atoms with Crippen molar-refractivity contribution in [2.75, 3.05) is 38.0 Å². The lowest BCUT2D eigenvalue weighted by Gasteiger charge is -2.35. The lowest BCUT2D eigenvalue weighted by Crippen LogP contribution is -2.48. The molecule has 1 aliphatic rings. The Bertz CT molecular complexity index is 1560. The number of methoxy groups -OCH3 is 1. The number of fused-ring (bicyclic) bond motifs is 1. The Hall–Kier alpha value is -4.02.